The van der Waals surface area contributed by atoms with E-state index in [1.165, 1.54) is 10.7 Å². The predicted octanol–water partition coefficient (Wildman–Crippen LogP) is 2.13. The van der Waals surface area contributed by atoms with Gasteiger partial charge in [-0.25, -0.2) is 4.68 Å². The monoisotopic (exact) mass is 385 g/mol. The molecule has 0 aliphatic heterocycles. The summed E-state index contributed by atoms with van der Waals surface area (Å²) in [7, 11) is 2.11. The van der Waals surface area contributed by atoms with Gasteiger partial charge in [0.2, 0.25) is 0 Å². The van der Waals surface area contributed by atoms with Crippen molar-refractivity contribution in [1.82, 2.24) is 19.1 Å². The number of aliphatic hydroxyl groups is 1. The first-order valence-electron chi connectivity index (χ1n) is 9.68. The summed E-state index contributed by atoms with van der Waals surface area (Å²) in [6, 6.07) is 10.9. The third-order valence-electron chi connectivity index (χ3n) is 4.69. The van der Waals surface area contributed by atoms with E-state index in [2.05, 4.69) is 30.9 Å². The molecule has 152 valence electrons. The molecule has 0 radical (unpaired) electrons. The van der Waals surface area contributed by atoms with Crippen LogP contribution >= 0.6 is 0 Å². The van der Waals surface area contributed by atoms with Crippen LogP contribution in [0, 0.1) is 0 Å². The summed E-state index contributed by atoms with van der Waals surface area (Å²) >= 11 is 0. The smallest absolute Gasteiger partial charge is 0.266 e. The number of nitrogens with two attached hydrogens (primary N) is 1. The molecule has 0 aliphatic carbocycles. The molecule has 1 atom stereocenters. The second-order valence-electron chi connectivity index (χ2n) is 6.68. The van der Waals surface area contributed by atoms with Crippen molar-refractivity contribution in [1.29, 1.82) is 0 Å². The van der Waals surface area contributed by atoms with Gasteiger partial charge in [0.15, 0.2) is 0 Å². The van der Waals surface area contributed by atoms with Crippen molar-refractivity contribution < 1.29 is 5.11 Å². The summed E-state index contributed by atoms with van der Waals surface area (Å²) in [6.45, 7) is 9.06. The normalized spacial score (nSPS) is 12.1. The lowest BCUT2D eigenvalue weighted by molar-refractivity contribution is 0.200. The number of aliphatic hydroxyl groups excluding tert-OH is 1. The summed E-state index contributed by atoms with van der Waals surface area (Å²) in [6.07, 6.45) is 1.28. The fraction of sp³-hybridized carbons (Fsp3) is 0.429. The number of hydrogen-bond acceptors (Lipinski definition) is 5. The molecule has 0 bridgehead atoms. The molecule has 3 aromatic heterocycles. The van der Waals surface area contributed by atoms with Crippen LogP contribution in [0.2, 0.25) is 0 Å². The molecule has 0 saturated carbocycles. The van der Waals surface area contributed by atoms with E-state index in [9.17, 15) is 9.90 Å². The quantitative estimate of drug-likeness (QED) is 0.679. The van der Waals surface area contributed by atoms with Gasteiger partial charge in [-0.05, 0) is 51.3 Å². The first-order valence-corrected chi connectivity index (χ1v) is 9.68. The SMILES string of the molecule is CC(O)c1cc2ccccn2c1-c1ccc(=O)n(CCN)n1.CCN(C)CC. The molecule has 3 heterocycles. The Balaban J connectivity index is 0.000000409. The molecule has 3 aromatic rings. The molecular formula is C21H31N5O2. The molecule has 7 heteroatoms. The summed E-state index contributed by atoms with van der Waals surface area (Å²) in [4.78, 5) is 14.1. The Labute approximate surface area is 166 Å². The van der Waals surface area contributed by atoms with E-state index in [1.54, 1.807) is 13.0 Å². The van der Waals surface area contributed by atoms with E-state index in [1.807, 2.05) is 34.9 Å². The van der Waals surface area contributed by atoms with E-state index in [0.717, 1.165) is 29.9 Å². The molecular weight excluding hydrogens is 354 g/mol. The molecule has 0 saturated heterocycles. The molecule has 0 spiro atoms. The van der Waals surface area contributed by atoms with Gasteiger partial charge in [-0.15, -0.1) is 0 Å². The Kier molecular flexibility index (Phi) is 7.92. The molecule has 3 N–H and O–H groups in total. The van der Waals surface area contributed by atoms with Crippen molar-refractivity contribution in [2.45, 2.75) is 33.4 Å². The Morgan fingerprint density at radius 3 is 2.50 bits per heavy atom. The van der Waals surface area contributed by atoms with Gasteiger partial charge in [-0.2, -0.15) is 5.10 Å². The first-order chi connectivity index (χ1) is 13.4. The van der Waals surface area contributed by atoms with Crippen LogP contribution < -0.4 is 11.3 Å². The van der Waals surface area contributed by atoms with Gasteiger partial charge in [0.1, 0.15) is 5.69 Å². The number of rotatable bonds is 6. The highest BCUT2D eigenvalue weighted by molar-refractivity contribution is 5.69. The minimum Gasteiger partial charge on any atom is -0.389 e. The zero-order chi connectivity index (χ0) is 20.7. The lowest BCUT2D eigenvalue weighted by Gasteiger charge is -2.10. The van der Waals surface area contributed by atoms with E-state index in [0.29, 0.717) is 18.8 Å². The summed E-state index contributed by atoms with van der Waals surface area (Å²) in [5.41, 5.74) is 8.50. The Morgan fingerprint density at radius 1 is 1.21 bits per heavy atom. The maximum Gasteiger partial charge on any atom is 0.266 e. The number of aromatic nitrogens is 3. The minimum absolute atomic E-state index is 0.186. The van der Waals surface area contributed by atoms with Crippen LogP contribution in [0.3, 0.4) is 0 Å². The van der Waals surface area contributed by atoms with Crippen LogP contribution in [-0.4, -0.2) is 50.9 Å². The van der Waals surface area contributed by atoms with E-state index < -0.39 is 6.10 Å². The van der Waals surface area contributed by atoms with Crippen LogP contribution in [0.5, 0.6) is 0 Å². The van der Waals surface area contributed by atoms with E-state index in [-0.39, 0.29) is 5.56 Å². The topological polar surface area (TPSA) is 88.8 Å². The number of hydrogen-bond donors (Lipinski definition) is 2. The van der Waals surface area contributed by atoms with Gasteiger partial charge in [-0.1, -0.05) is 19.9 Å². The van der Waals surface area contributed by atoms with Gasteiger partial charge in [0, 0.05) is 29.9 Å². The third-order valence-corrected chi connectivity index (χ3v) is 4.69. The fourth-order valence-corrected chi connectivity index (χ4v) is 2.82. The first kappa shape index (κ1) is 21.8. The van der Waals surface area contributed by atoms with Crippen molar-refractivity contribution >= 4 is 5.52 Å². The molecule has 0 amide bonds. The molecule has 0 fully saturated rings. The van der Waals surface area contributed by atoms with Gasteiger partial charge < -0.3 is 20.1 Å². The average Bonchev–Trinajstić information content (AvgIpc) is 3.09. The minimum atomic E-state index is -0.633. The zero-order valence-corrected chi connectivity index (χ0v) is 17.2. The van der Waals surface area contributed by atoms with Crippen molar-refractivity contribution in [3.8, 4) is 11.4 Å². The molecule has 7 nitrogen and oxygen atoms in total. The Morgan fingerprint density at radius 2 is 1.93 bits per heavy atom. The second kappa shape index (κ2) is 10.2. The van der Waals surface area contributed by atoms with Gasteiger partial charge in [-0.3, -0.25) is 4.79 Å². The van der Waals surface area contributed by atoms with Crippen LogP contribution in [0.4, 0.5) is 0 Å². The Hall–Kier alpha value is -2.48. The highest BCUT2D eigenvalue weighted by Gasteiger charge is 2.17. The summed E-state index contributed by atoms with van der Waals surface area (Å²) in [5, 5.41) is 14.5. The van der Waals surface area contributed by atoms with Crippen LogP contribution in [0.1, 0.15) is 32.4 Å². The fourth-order valence-electron chi connectivity index (χ4n) is 2.82. The summed E-state index contributed by atoms with van der Waals surface area (Å²) in [5.74, 6) is 0. The highest BCUT2D eigenvalue weighted by Crippen LogP contribution is 2.30. The molecule has 0 aromatic carbocycles. The molecule has 3 rings (SSSR count). The standard InChI is InChI=1S/C16H18N4O2.C5H13N/c1-11(21)13-10-12-4-2-3-8-19(12)16(13)14-5-6-15(22)20(18-14)9-7-17;1-4-6(3)5-2/h2-6,8,10-11,21H,7,9,17H2,1H3;4-5H2,1-3H3. The largest absolute Gasteiger partial charge is 0.389 e. The number of pyridine rings is 1. The molecule has 28 heavy (non-hydrogen) atoms. The number of fused-ring (bicyclic) bond motifs is 1. The van der Waals surface area contributed by atoms with E-state index >= 15 is 0 Å². The van der Waals surface area contributed by atoms with Crippen LogP contribution in [0.25, 0.3) is 16.9 Å². The average molecular weight is 386 g/mol. The van der Waals surface area contributed by atoms with Gasteiger partial charge in [0.05, 0.1) is 18.3 Å². The van der Waals surface area contributed by atoms with Crippen LogP contribution in [0.15, 0.2) is 47.4 Å². The van der Waals surface area contributed by atoms with Gasteiger partial charge in [0.25, 0.3) is 5.56 Å². The maximum absolute atomic E-state index is 11.8. The van der Waals surface area contributed by atoms with E-state index in [4.69, 9.17) is 5.73 Å². The second-order valence-corrected chi connectivity index (χ2v) is 6.68. The predicted molar refractivity (Wildman–Crippen MR) is 113 cm³/mol. The van der Waals surface area contributed by atoms with Crippen molar-refractivity contribution in [3.63, 3.8) is 0 Å². The van der Waals surface area contributed by atoms with Crippen LogP contribution in [-0.2, 0) is 6.54 Å². The lowest BCUT2D eigenvalue weighted by atomic mass is 10.1. The van der Waals surface area contributed by atoms with Crippen molar-refractivity contribution in [2.24, 2.45) is 5.73 Å². The Bertz CT molecular complexity index is 941. The maximum atomic E-state index is 11.8. The molecule has 1 unspecified atom stereocenters. The van der Waals surface area contributed by atoms with Crippen molar-refractivity contribution in [2.75, 3.05) is 26.7 Å². The summed E-state index contributed by atoms with van der Waals surface area (Å²) < 4.78 is 3.31. The van der Waals surface area contributed by atoms with Gasteiger partial charge >= 0.3 is 0 Å². The number of nitrogens with zero attached hydrogens (tertiary/aromatic N) is 4. The zero-order valence-electron chi connectivity index (χ0n) is 17.2. The lowest BCUT2D eigenvalue weighted by Crippen LogP contribution is -2.26. The van der Waals surface area contributed by atoms with Crippen molar-refractivity contribution in [3.05, 3.63) is 58.5 Å². The highest BCUT2D eigenvalue weighted by atomic mass is 16.3. The molecule has 0 aliphatic rings. The third kappa shape index (κ3) is 5.07.